The second kappa shape index (κ2) is 5.00. The van der Waals surface area contributed by atoms with Crippen LogP contribution in [0.5, 0.6) is 0 Å². The number of thiophene rings is 1. The van der Waals surface area contributed by atoms with E-state index in [-0.39, 0.29) is 4.21 Å². The Morgan fingerprint density at radius 1 is 1.18 bits per heavy atom. The van der Waals surface area contributed by atoms with E-state index < -0.39 is 10.0 Å². The summed E-state index contributed by atoms with van der Waals surface area (Å²) in [7, 11) is -3.57. The predicted octanol–water partition coefficient (Wildman–Crippen LogP) is 3.21. The van der Waals surface area contributed by atoms with Crippen LogP contribution >= 0.6 is 22.9 Å². The molecule has 17 heavy (non-hydrogen) atoms. The summed E-state index contributed by atoms with van der Waals surface area (Å²) in [5.74, 6) is 0. The highest BCUT2D eigenvalue weighted by atomic mass is 35.5. The molecule has 1 aromatic heterocycles. The predicted molar refractivity (Wildman–Crippen MR) is 70.6 cm³/mol. The van der Waals surface area contributed by atoms with Gasteiger partial charge in [0.15, 0.2) is 0 Å². The molecule has 0 aliphatic rings. The SMILES string of the molecule is O=S(=O)(/N=C\c1ccc(Cl)cc1)c1cccs1. The molecule has 88 valence electrons. The molecular weight excluding hydrogens is 278 g/mol. The zero-order chi connectivity index (χ0) is 12.3. The van der Waals surface area contributed by atoms with Crippen LogP contribution in [0.2, 0.25) is 5.02 Å². The molecule has 0 radical (unpaired) electrons. The van der Waals surface area contributed by atoms with Gasteiger partial charge in [-0.3, -0.25) is 0 Å². The van der Waals surface area contributed by atoms with Crippen LogP contribution < -0.4 is 0 Å². The summed E-state index contributed by atoms with van der Waals surface area (Å²) in [4.78, 5) is 0. The van der Waals surface area contributed by atoms with Crippen LogP contribution in [0.15, 0.2) is 50.4 Å². The monoisotopic (exact) mass is 285 g/mol. The first kappa shape index (κ1) is 12.3. The number of sulfonamides is 1. The Balaban J connectivity index is 2.24. The van der Waals surface area contributed by atoms with Gasteiger partial charge in [-0.25, -0.2) is 0 Å². The zero-order valence-corrected chi connectivity index (χ0v) is 11.0. The lowest BCUT2D eigenvalue weighted by Gasteiger charge is -1.94. The molecule has 0 N–H and O–H groups in total. The summed E-state index contributed by atoms with van der Waals surface area (Å²) in [6.45, 7) is 0. The molecule has 0 bridgehead atoms. The Morgan fingerprint density at radius 2 is 1.88 bits per heavy atom. The molecule has 1 aromatic carbocycles. The molecule has 3 nitrogen and oxygen atoms in total. The van der Waals surface area contributed by atoms with Crippen LogP contribution in [0.1, 0.15) is 5.56 Å². The number of halogens is 1. The Morgan fingerprint density at radius 3 is 2.47 bits per heavy atom. The Hall–Kier alpha value is -1.17. The van der Waals surface area contributed by atoms with Crippen LogP contribution in [-0.4, -0.2) is 14.6 Å². The van der Waals surface area contributed by atoms with E-state index in [4.69, 9.17) is 11.6 Å². The lowest BCUT2D eigenvalue weighted by atomic mass is 10.2. The first-order valence-electron chi connectivity index (χ1n) is 4.67. The van der Waals surface area contributed by atoms with E-state index in [9.17, 15) is 8.42 Å². The average Bonchev–Trinajstić information content (AvgIpc) is 2.82. The van der Waals surface area contributed by atoms with E-state index in [1.807, 2.05) is 0 Å². The molecule has 0 aliphatic heterocycles. The maximum Gasteiger partial charge on any atom is 0.291 e. The summed E-state index contributed by atoms with van der Waals surface area (Å²) in [5, 5.41) is 2.30. The second-order valence-electron chi connectivity index (χ2n) is 3.19. The van der Waals surface area contributed by atoms with Crippen LogP contribution in [0.3, 0.4) is 0 Å². The third kappa shape index (κ3) is 3.15. The molecule has 2 aromatic rings. The Bertz CT molecular complexity index is 616. The molecule has 2 rings (SSSR count). The molecule has 0 fully saturated rings. The molecule has 0 aliphatic carbocycles. The Labute approximate surface area is 108 Å². The fourth-order valence-corrected chi connectivity index (χ4v) is 3.11. The van der Waals surface area contributed by atoms with Crippen molar-refractivity contribution in [3.05, 3.63) is 52.4 Å². The number of nitrogens with zero attached hydrogens (tertiary/aromatic N) is 1. The van der Waals surface area contributed by atoms with Gasteiger partial charge in [0.25, 0.3) is 10.0 Å². The number of rotatable bonds is 3. The van der Waals surface area contributed by atoms with Crippen LogP contribution in [0.25, 0.3) is 0 Å². The maximum atomic E-state index is 11.7. The van der Waals surface area contributed by atoms with Gasteiger partial charge in [-0.2, -0.15) is 12.8 Å². The standard InChI is InChI=1S/C11H8ClNO2S2/c12-10-5-3-9(4-6-10)8-13-17(14,15)11-2-1-7-16-11/h1-8H/b13-8-. The van der Waals surface area contributed by atoms with Crippen LogP contribution in [-0.2, 0) is 10.0 Å². The second-order valence-corrected chi connectivity index (χ2v) is 6.44. The molecule has 0 unspecified atom stereocenters. The van der Waals surface area contributed by atoms with Gasteiger partial charge in [0.05, 0.1) is 0 Å². The topological polar surface area (TPSA) is 46.5 Å². The van der Waals surface area contributed by atoms with E-state index >= 15 is 0 Å². The van der Waals surface area contributed by atoms with Crippen molar-refractivity contribution < 1.29 is 8.42 Å². The average molecular weight is 286 g/mol. The highest BCUT2D eigenvalue weighted by Crippen LogP contribution is 2.18. The van der Waals surface area contributed by atoms with E-state index in [1.165, 1.54) is 12.3 Å². The number of benzene rings is 1. The molecule has 0 spiro atoms. The van der Waals surface area contributed by atoms with Crippen molar-refractivity contribution in [2.45, 2.75) is 4.21 Å². The fraction of sp³-hybridized carbons (Fsp3) is 0. The number of hydrogen-bond donors (Lipinski definition) is 0. The summed E-state index contributed by atoms with van der Waals surface area (Å²) >= 11 is 6.87. The van der Waals surface area contributed by atoms with Gasteiger partial charge in [0.2, 0.25) is 0 Å². The minimum atomic E-state index is -3.57. The van der Waals surface area contributed by atoms with Crippen molar-refractivity contribution in [3.8, 4) is 0 Å². The van der Waals surface area contributed by atoms with Crippen LogP contribution in [0, 0.1) is 0 Å². The molecule has 0 saturated heterocycles. The van der Waals surface area contributed by atoms with E-state index in [1.54, 1.807) is 35.7 Å². The first-order chi connectivity index (χ1) is 8.08. The van der Waals surface area contributed by atoms with Gasteiger partial charge in [0.1, 0.15) is 4.21 Å². The molecule has 6 heteroatoms. The van der Waals surface area contributed by atoms with Crippen molar-refractivity contribution in [2.75, 3.05) is 0 Å². The third-order valence-corrected chi connectivity index (χ3v) is 4.82. The highest BCUT2D eigenvalue weighted by molar-refractivity contribution is 7.92. The van der Waals surface area contributed by atoms with Gasteiger partial charge < -0.3 is 0 Å². The fourth-order valence-electron chi connectivity index (χ4n) is 1.14. The smallest absolute Gasteiger partial charge is 0.198 e. The first-order valence-corrected chi connectivity index (χ1v) is 7.37. The highest BCUT2D eigenvalue weighted by Gasteiger charge is 2.11. The van der Waals surface area contributed by atoms with E-state index in [0.717, 1.165) is 11.3 Å². The van der Waals surface area contributed by atoms with Crippen molar-refractivity contribution in [1.82, 2.24) is 0 Å². The Kier molecular flexibility index (Phi) is 3.61. The van der Waals surface area contributed by atoms with Crippen molar-refractivity contribution in [2.24, 2.45) is 4.40 Å². The summed E-state index contributed by atoms with van der Waals surface area (Å²) < 4.78 is 27.3. The van der Waals surface area contributed by atoms with Gasteiger partial charge >= 0.3 is 0 Å². The summed E-state index contributed by atoms with van der Waals surface area (Å²) in [5.41, 5.74) is 0.689. The summed E-state index contributed by atoms with van der Waals surface area (Å²) in [6.07, 6.45) is 1.31. The van der Waals surface area contributed by atoms with Crippen molar-refractivity contribution in [1.29, 1.82) is 0 Å². The van der Waals surface area contributed by atoms with Gasteiger partial charge in [-0.1, -0.05) is 29.8 Å². The van der Waals surface area contributed by atoms with Gasteiger partial charge in [-0.15, -0.1) is 11.3 Å². The third-order valence-electron chi connectivity index (χ3n) is 1.96. The molecule has 1 heterocycles. The largest absolute Gasteiger partial charge is 0.291 e. The normalized spacial score (nSPS) is 12.1. The van der Waals surface area contributed by atoms with Crippen molar-refractivity contribution in [3.63, 3.8) is 0 Å². The lowest BCUT2D eigenvalue weighted by Crippen LogP contribution is -1.94. The van der Waals surface area contributed by atoms with Gasteiger partial charge in [-0.05, 0) is 29.1 Å². The molecule has 0 atom stereocenters. The summed E-state index contributed by atoms with van der Waals surface area (Å²) in [6, 6.07) is 9.97. The number of hydrogen-bond acceptors (Lipinski definition) is 3. The van der Waals surface area contributed by atoms with E-state index in [2.05, 4.69) is 4.40 Å². The zero-order valence-electron chi connectivity index (χ0n) is 8.58. The van der Waals surface area contributed by atoms with E-state index in [0.29, 0.717) is 10.6 Å². The molecule has 0 saturated carbocycles. The van der Waals surface area contributed by atoms with Crippen LogP contribution in [0.4, 0.5) is 0 Å². The minimum absolute atomic E-state index is 0.239. The lowest BCUT2D eigenvalue weighted by molar-refractivity contribution is 0.600. The molecular formula is C11H8ClNO2S2. The van der Waals surface area contributed by atoms with Gasteiger partial charge in [0, 0.05) is 11.2 Å². The minimum Gasteiger partial charge on any atom is -0.198 e. The maximum absolute atomic E-state index is 11.7. The quantitative estimate of drug-likeness (QED) is 0.813. The van der Waals surface area contributed by atoms with Crippen molar-refractivity contribution >= 4 is 39.2 Å². The molecule has 0 amide bonds.